The third-order valence-electron chi connectivity index (χ3n) is 5.44. The van der Waals surface area contributed by atoms with Gasteiger partial charge in [-0.2, -0.15) is 0 Å². The second kappa shape index (κ2) is 11.6. The number of unbranched alkanes of at least 4 members (excludes halogenated alkanes) is 1. The molecule has 2 amide bonds. The average molecular weight is 429 g/mol. The molecule has 1 aromatic heterocycles. The molecular formula is C24H32N2O5. The Morgan fingerprint density at radius 1 is 1.19 bits per heavy atom. The number of ether oxygens (including phenoxy) is 2. The molecule has 2 aromatic rings. The van der Waals surface area contributed by atoms with Gasteiger partial charge in [0.15, 0.2) is 0 Å². The lowest BCUT2D eigenvalue weighted by Gasteiger charge is -2.29. The molecule has 7 heteroatoms. The number of methoxy groups -OCH3 is 1. The number of furan rings is 1. The Morgan fingerprint density at radius 3 is 2.74 bits per heavy atom. The average Bonchev–Trinajstić information content (AvgIpc) is 3.50. The Kier molecular flexibility index (Phi) is 8.53. The van der Waals surface area contributed by atoms with Gasteiger partial charge in [0, 0.05) is 25.3 Å². The molecule has 1 unspecified atom stereocenters. The molecule has 168 valence electrons. The number of carbonyl (C=O) groups is 2. The van der Waals surface area contributed by atoms with E-state index in [-0.39, 0.29) is 24.5 Å². The molecule has 1 saturated heterocycles. The van der Waals surface area contributed by atoms with Crippen LogP contribution in [0.1, 0.15) is 48.7 Å². The molecule has 0 bridgehead atoms. The van der Waals surface area contributed by atoms with E-state index >= 15 is 0 Å². The number of amides is 2. The van der Waals surface area contributed by atoms with Crippen LogP contribution in [0, 0.1) is 0 Å². The molecule has 0 N–H and O–H groups in total. The fraction of sp³-hybridized carbons (Fsp3) is 0.500. The minimum absolute atomic E-state index is 0.0173. The van der Waals surface area contributed by atoms with E-state index in [1.165, 1.54) is 0 Å². The van der Waals surface area contributed by atoms with Gasteiger partial charge in [-0.1, -0.05) is 19.4 Å². The summed E-state index contributed by atoms with van der Waals surface area (Å²) in [6.45, 7) is 4.19. The van der Waals surface area contributed by atoms with E-state index in [2.05, 4.69) is 6.92 Å². The van der Waals surface area contributed by atoms with Crippen molar-refractivity contribution in [3.8, 4) is 5.75 Å². The molecule has 0 saturated carbocycles. The number of nitrogens with zero attached hydrogens (tertiary/aromatic N) is 2. The molecule has 1 fully saturated rings. The Bertz CT molecular complexity index is 830. The van der Waals surface area contributed by atoms with Crippen LogP contribution in [-0.4, -0.2) is 61.1 Å². The van der Waals surface area contributed by atoms with Crippen molar-refractivity contribution in [2.24, 2.45) is 0 Å². The van der Waals surface area contributed by atoms with E-state index in [0.717, 1.165) is 32.3 Å². The van der Waals surface area contributed by atoms with E-state index in [4.69, 9.17) is 13.9 Å². The molecule has 2 heterocycles. The van der Waals surface area contributed by atoms with Crippen molar-refractivity contribution in [1.29, 1.82) is 0 Å². The normalized spacial score (nSPS) is 15.6. The van der Waals surface area contributed by atoms with E-state index in [9.17, 15) is 9.59 Å². The highest BCUT2D eigenvalue weighted by Crippen LogP contribution is 2.18. The van der Waals surface area contributed by atoms with Crippen molar-refractivity contribution in [2.45, 2.75) is 45.3 Å². The SMILES string of the molecule is CCCCN(CC(=O)N(Cc1ccco1)CC1CCCO1)C(=O)c1cccc(OC)c1. The van der Waals surface area contributed by atoms with Crippen molar-refractivity contribution in [3.63, 3.8) is 0 Å². The Morgan fingerprint density at radius 2 is 2.06 bits per heavy atom. The summed E-state index contributed by atoms with van der Waals surface area (Å²) in [5, 5.41) is 0. The molecule has 3 rings (SSSR count). The second-order valence-electron chi connectivity index (χ2n) is 7.80. The monoisotopic (exact) mass is 428 g/mol. The lowest BCUT2D eigenvalue weighted by atomic mass is 10.1. The molecule has 0 spiro atoms. The first-order valence-corrected chi connectivity index (χ1v) is 11.0. The number of rotatable bonds is 11. The topological polar surface area (TPSA) is 72.2 Å². The molecule has 1 atom stereocenters. The minimum Gasteiger partial charge on any atom is -0.497 e. The smallest absolute Gasteiger partial charge is 0.254 e. The predicted octanol–water partition coefficient (Wildman–Crippen LogP) is 3.74. The summed E-state index contributed by atoms with van der Waals surface area (Å²) < 4.78 is 16.5. The van der Waals surface area contributed by atoms with Crippen molar-refractivity contribution >= 4 is 11.8 Å². The quantitative estimate of drug-likeness (QED) is 0.545. The van der Waals surface area contributed by atoms with Gasteiger partial charge in [0.25, 0.3) is 5.91 Å². The van der Waals surface area contributed by atoms with Crippen LogP contribution >= 0.6 is 0 Å². The maximum absolute atomic E-state index is 13.3. The van der Waals surface area contributed by atoms with Crippen LogP contribution in [0.25, 0.3) is 0 Å². The number of carbonyl (C=O) groups excluding carboxylic acids is 2. The van der Waals surface area contributed by atoms with E-state index in [1.807, 2.05) is 12.1 Å². The predicted molar refractivity (Wildman–Crippen MR) is 117 cm³/mol. The first kappa shape index (κ1) is 22.9. The fourth-order valence-electron chi connectivity index (χ4n) is 3.68. The molecule has 31 heavy (non-hydrogen) atoms. The summed E-state index contributed by atoms with van der Waals surface area (Å²) in [5.74, 6) is 1.05. The summed E-state index contributed by atoms with van der Waals surface area (Å²) in [6.07, 6.45) is 5.32. The van der Waals surface area contributed by atoms with E-state index in [0.29, 0.717) is 36.7 Å². The first-order valence-electron chi connectivity index (χ1n) is 11.0. The Labute approximate surface area is 183 Å². The van der Waals surface area contributed by atoms with Crippen LogP contribution < -0.4 is 4.74 Å². The first-order chi connectivity index (χ1) is 15.1. The molecular weight excluding hydrogens is 396 g/mol. The lowest BCUT2D eigenvalue weighted by molar-refractivity contribution is -0.134. The van der Waals surface area contributed by atoms with Crippen molar-refractivity contribution in [2.75, 3.05) is 33.4 Å². The lowest BCUT2D eigenvalue weighted by Crippen LogP contribution is -2.45. The molecule has 1 aliphatic heterocycles. The number of benzene rings is 1. The third kappa shape index (κ3) is 6.59. The molecule has 7 nitrogen and oxygen atoms in total. The summed E-state index contributed by atoms with van der Waals surface area (Å²) in [5.41, 5.74) is 0.514. The zero-order chi connectivity index (χ0) is 22.1. The largest absolute Gasteiger partial charge is 0.497 e. The summed E-state index contributed by atoms with van der Waals surface area (Å²) in [6, 6.07) is 10.7. The zero-order valence-corrected chi connectivity index (χ0v) is 18.4. The maximum Gasteiger partial charge on any atom is 0.254 e. The van der Waals surface area contributed by atoms with Gasteiger partial charge in [-0.3, -0.25) is 9.59 Å². The van der Waals surface area contributed by atoms with Gasteiger partial charge < -0.3 is 23.7 Å². The van der Waals surface area contributed by atoms with Crippen LogP contribution in [0.3, 0.4) is 0 Å². The standard InChI is InChI=1S/C24H32N2O5/c1-3-4-12-25(24(28)19-8-5-9-20(15-19)29-2)18-23(27)26(16-21-10-6-13-30-21)17-22-11-7-14-31-22/h5-6,8-10,13,15,22H,3-4,7,11-12,14,16-18H2,1-2H3. The maximum atomic E-state index is 13.3. The molecule has 1 aromatic carbocycles. The number of hydrogen-bond donors (Lipinski definition) is 0. The highest BCUT2D eigenvalue weighted by molar-refractivity contribution is 5.96. The van der Waals surface area contributed by atoms with Crippen molar-refractivity contribution in [3.05, 3.63) is 54.0 Å². The summed E-state index contributed by atoms with van der Waals surface area (Å²) in [7, 11) is 1.57. The van der Waals surface area contributed by atoms with E-state index < -0.39 is 0 Å². The van der Waals surface area contributed by atoms with Crippen LogP contribution in [0.15, 0.2) is 47.1 Å². The van der Waals surface area contributed by atoms with Crippen LogP contribution in [0.2, 0.25) is 0 Å². The second-order valence-corrected chi connectivity index (χ2v) is 7.80. The van der Waals surface area contributed by atoms with Crippen molar-refractivity contribution < 1.29 is 23.5 Å². The third-order valence-corrected chi connectivity index (χ3v) is 5.44. The van der Waals surface area contributed by atoms with Gasteiger partial charge in [0.2, 0.25) is 5.91 Å². The van der Waals surface area contributed by atoms with Crippen LogP contribution in [-0.2, 0) is 16.1 Å². The number of hydrogen-bond acceptors (Lipinski definition) is 5. The van der Waals surface area contributed by atoms with E-state index in [1.54, 1.807) is 47.4 Å². The van der Waals surface area contributed by atoms with Crippen LogP contribution in [0.4, 0.5) is 0 Å². The fourth-order valence-corrected chi connectivity index (χ4v) is 3.68. The van der Waals surface area contributed by atoms with Crippen LogP contribution in [0.5, 0.6) is 5.75 Å². The van der Waals surface area contributed by atoms with Gasteiger partial charge in [-0.25, -0.2) is 0 Å². The highest BCUT2D eigenvalue weighted by atomic mass is 16.5. The molecule has 1 aliphatic rings. The van der Waals surface area contributed by atoms with Gasteiger partial charge >= 0.3 is 0 Å². The Hall–Kier alpha value is -2.80. The van der Waals surface area contributed by atoms with Gasteiger partial charge in [0.1, 0.15) is 18.1 Å². The highest BCUT2D eigenvalue weighted by Gasteiger charge is 2.26. The van der Waals surface area contributed by atoms with Gasteiger partial charge in [0.05, 0.1) is 26.0 Å². The summed E-state index contributed by atoms with van der Waals surface area (Å²) >= 11 is 0. The minimum atomic E-state index is -0.171. The molecule has 0 radical (unpaired) electrons. The van der Waals surface area contributed by atoms with Gasteiger partial charge in [-0.05, 0) is 49.6 Å². The van der Waals surface area contributed by atoms with Gasteiger partial charge in [-0.15, -0.1) is 0 Å². The summed E-state index contributed by atoms with van der Waals surface area (Å²) in [4.78, 5) is 29.9. The van der Waals surface area contributed by atoms with Crippen molar-refractivity contribution in [1.82, 2.24) is 9.80 Å². The molecule has 0 aliphatic carbocycles. The Balaban J connectivity index is 1.74. The zero-order valence-electron chi connectivity index (χ0n) is 18.4.